The maximum Gasteiger partial charge on any atom is 0.363 e. The zero-order valence-corrected chi connectivity index (χ0v) is 18.6. The Morgan fingerprint density at radius 1 is 0.559 bits per heavy atom. The number of ether oxygens (including phenoxy) is 2. The lowest BCUT2D eigenvalue weighted by atomic mass is 10.1. The molecule has 3 aromatic carbocycles. The van der Waals surface area contributed by atoms with Gasteiger partial charge >= 0.3 is 11.9 Å². The molecule has 0 atom stereocenters. The first-order valence-corrected chi connectivity index (χ1v) is 10.7. The number of benzene rings is 3. The fourth-order valence-corrected chi connectivity index (χ4v) is 3.46. The molecule has 0 amide bonds. The van der Waals surface area contributed by atoms with Gasteiger partial charge in [-0.15, -0.1) is 0 Å². The maximum atomic E-state index is 12.2. The SMILES string of the molecule is Cc1ccc(C2=N/C(=C\c3ccc(/C=C4\N=C(c5ccc(C)cc5)OC4=O)cc3)C(=O)O2)cc1. The Hall–Kier alpha value is -4.58. The molecule has 0 aliphatic carbocycles. The number of hydrogen-bond acceptors (Lipinski definition) is 6. The van der Waals surface area contributed by atoms with Crippen LogP contribution in [0.1, 0.15) is 33.4 Å². The van der Waals surface area contributed by atoms with Crippen molar-refractivity contribution in [2.75, 3.05) is 0 Å². The highest BCUT2D eigenvalue weighted by Crippen LogP contribution is 2.22. The van der Waals surface area contributed by atoms with Gasteiger partial charge in [0.15, 0.2) is 11.4 Å². The van der Waals surface area contributed by atoms with E-state index < -0.39 is 11.9 Å². The van der Waals surface area contributed by atoms with Crippen LogP contribution in [0, 0.1) is 13.8 Å². The Balaban J connectivity index is 1.34. The summed E-state index contributed by atoms with van der Waals surface area (Å²) in [5.41, 5.74) is 5.74. The molecule has 6 heteroatoms. The average molecular weight is 448 g/mol. The van der Waals surface area contributed by atoms with E-state index in [-0.39, 0.29) is 11.4 Å². The molecule has 0 saturated heterocycles. The lowest BCUT2D eigenvalue weighted by Gasteiger charge is -1.99. The van der Waals surface area contributed by atoms with E-state index in [0.29, 0.717) is 11.8 Å². The quantitative estimate of drug-likeness (QED) is 0.416. The molecule has 5 rings (SSSR count). The van der Waals surface area contributed by atoms with Gasteiger partial charge in [-0.2, -0.15) is 0 Å². The lowest BCUT2D eigenvalue weighted by molar-refractivity contribution is -0.130. The zero-order valence-electron chi connectivity index (χ0n) is 18.6. The molecule has 2 aliphatic rings. The van der Waals surface area contributed by atoms with E-state index in [4.69, 9.17) is 9.47 Å². The normalized spacial score (nSPS) is 17.6. The summed E-state index contributed by atoms with van der Waals surface area (Å²) < 4.78 is 10.6. The fourth-order valence-electron chi connectivity index (χ4n) is 3.46. The third-order valence-corrected chi connectivity index (χ3v) is 5.38. The van der Waals surface area contributed by atoms with Gasteiger partial charge in [-0.3, -0.25) is 0 Å². The largest absolute Gasteiger partial charge is 0.402 e. The van der Waals surface area contributed by atoms with Gasteiger partial charge in [0.05, 0.1) is 0 Å². The summed E-state index contributed by atoms with van der Waals surface area (Å²) in [6, 6.07) is 22.6. The topological polar surface area (TPSA) is 77.3 Å². The molecule has 2 aliphatic heterocycles. The minimum absolute atomic E-state index is 0.230. The number of hydrogen-bond donors (Lipinski definition) is 0. The average Bonchev–Trinajstić information content (AvgIpc) is 3.38. The second kappa shape index (κ2) is 8.75. The molecule has 0 radical (unpaired) electrons. The van der Waals surface area contributed by atoms with Gasteiger partial charge in [-0.1, -0.05) is 59.7 Å². The molecule has 0 aromatic heterocycles. The Bertz CT molecular complexity index is 1300. The molecule has 0 bridgehead atoms. The van der Waals surface area contributed by atoms with E-state index in [0.717, 1.165) is 33.4 Å². The van der Waals surface area contributed by atoms with E-state index in [1.165, 1.54) is 0 Å². The molecule has 0 N–H and O–H groups in total. The molecule has 166 valence electrons. The first kappa shape index (κ1) is 21.3. The van der Waals surface area contributed by atoms with Crippen molar-refractivity contribution in [2.24, 2.45) is 9.98 Å². The number of aryl methyl sites for hydroxylation is 2. The Labute approximate surface area is 196 Å². The van der Waals surface area contributed by atoms with Crippen molar-refractivity contribution in [1.82, 2.24) is 0 Å². The van der Waals surface area contributed by atoms with Crippen molar-refractivity contribution in [3.8, 4) is 0 Å². The summed E-state index contributed by atoms with van der Waals surface area (Å²) in [4.78, 5) is 33.2. The molecule has 0 saturated carbocycles. The monoisotopic (exact) mass is 448 g/mol. The van der Waals surface area contributed by atoms with E-state index >= 15 is 0 Å². The first-order chi connectivity index (χ1) is 16.4. The van der Waals surface area contributed by atoms with Gasteiger partial charge in [0.2, 0.25) is 11.8 Å². The van der Waals surface area contributed by atoms with Crippen molar-refractivity contribution >= 4 is 35.9 Å². The smallest absolute Gasteiger partial charge is 0.363 e. The second-order valence-electron chi connectivity index (χ2n) is 8.07. The minimum atomic E-state index is -0.492. The third-order valence-electron chi connectivity index (χ3n) is 5.38. The first-order valence-electron chi connectivity index (χ1n) is 10.7. The van der Waals surface area contributed by atoms with Crippen LogP contribution in [-0.2, 0) is 19.1 Å². The van der Waals surface area contributed by atoms with Gasteiger partial charge < -0.3 is 9.47 Å². The summed E-state index contributed by atoms with van der Waals surface area (Å²) >= 11 is 0. The van der Waals surface area contributed by atoms with Crippen LogP contribution in [-0.4, -0.2) is 23.7 Å². The van der Waals surface area contributed by atoms with Crippen molar-refractivity contribution < 1.29 is 19.1 Å². The summed E-state index contributed by atoms with van der Waals surface area (Å²) in [7, 11) is 0. The molecule has 2 heterocycles. The number of esters is 2. The summed E-state index contributed by atoms with van der Waals surface area (Å²) in [6.45, 7) is 3.98. The molecular weight excluding hydrogens is 428 g/mol. The molecule has 3 aromatic rings. The van der Waals surface area contributed by atoms with Gasteiger partial charge in [0, 0.05) is 11.1 Å². The summed E-state index contributed by atoms with van der Waals surface area (Å²) in [5, 5.41) is 0. The fraction of sp³-hybridized carbons (Fsp3) is 0.0714. The van der Waals surface area contributed by atoms with Crippen LogP contribution in [0.2, 0.25) is 0 Å². The number of rotatable bonds is 4. The minimum Gasteiger partial charge on any atom is -0.402 e. The van der Waals surface area contributed by atoms with Crippen LogP contribution in [0.25, 0.3) is 12.2 Å². The van der Waals surface area contributed by atoms with Crippen LogP contribution in [0.15, 0.2) is 94.2 Å². The van der Waals surface area contributed by atoms with Gasteiger partial charge in [-0.25, -0.2) is 19.6 Å². The van der Waals surface area contributed by atoms with E-state index in [9.17, 15) is 9.59 Å². The number of carbonyl (C=O) groups is 2. The third kappa shape index (κ3) is 4.47. The van der Waals surface area contributed by atoms with E-state index in [1.807, 2.05) is 86.6 Å². The highest BCUT2D eigenvalue weighted by atomic mass is 16.6. The molecule has 34 heavy (non-hydrogen) atoms. The van der Waals surface area contributed by atoms with E-state index in [2.05, 4.69) is 9.98 Å². The van der Waals surface area contributed by atoms with Crippen molar-refractivity contribution in [2.45, 2.75) is 13.8 Å². The number of carbonyl (C=O) groups excluding carboxylic acids is 2. The predicted octanol–water partition coefficient (Wildman–Crippen LogP) is 4.99. The molecule has 6 nitrogen and oxygen atoms in total. The van der Waals surface area contributed by atoms with Crippen LogP contribution >= 0.6 is 0 Å². The molecule has 0 unspecified atom stereocenters. The molecular formula is C28H20N2O4. The Morgan fingerprint density at radius 2 is 0.912 bits per heavy atom. The maximum absolute atomic E-state index is 12.2. The molecule has 0 fully saturated rings. The van der Waals surface area contributed by atoms with Gasteiger partial charge in [-0.05, 0) is 61.4 Å². The summed E-state index contributed by atoms with van der Waals surface area (Å²) in [6.07, 6.45) is 3.33. The number of nitrogens with zero attached hydrogens (tertiary/aromatic N) is 2. The number of cyclic esters (lactones) is 2. The predicted molar refractivity (Wildman–Crippen MR) is 130 cm³/mol. The highest BCUT2D eigenvalue weighted by Gasteiger charge is 2.25. The Kier molecular flexibility index (Phi) is 5.47. The summed E-state index contributed by atoms with van der Waals surface area (Å²) in [5.74, 6) is -0.402. The highest BCUT2D eigenvalue weighted by molar-refractivity contribution is 6.13. The van der Waals surface area contributed by atoms with Crippen LogP contribution in [0.3, 0.4) is 0 Å². The van der Waals surface area contributed by atoms with Crippen LogP contribution < -0.4 is 0 Å². The standard InChI is InChI=1S/C28H20N2O4/c1-17-3-11-21(12-4-17)25-29-23(27(31)33-25)15-19-7-9-20(10-8-19)16-24-28(32)34-26(30-24)22-13-5-18(2)6-14-22/h3-16H,1-2H3/b23-15-,24-16-. The van der Waals surface area contributed by atoms with Crippen molar-refractivity contribution in [3.63, 3.8) is 0 Å². The van der Waals surface area contributed by atoms with Gasteiger partial charge in [0.1, 0.15) is 0 Å². The lowest BCUT2D eigenvalue weighted by Crippen LogP contribution is -2.05. The second-order valence-corrected chi connectivity index (χ2v) is 8.07. The Morgan fingerprint density at radius 3 is 1.26 bits per heavy atom. The van der Waals surface area contributed by atoms with Crippen molar-refractivity contribution in [1.29, 1.82) is 0 Å². The van der Waals surface area contributed by atoms with Crippen LogP contribution in [0.5, 0.6) is 0 Å². The van der Waals surface area contributed by atoms with Crippen LogP contribution in [0.4, 0.5) is 0 Å². The number of aliphatic imine (C=N–C) groups is 2. The molecule has 0 spiro atoms. The zero-order chi connectivity index (χ0) is 23.7. The van der Waals surface area contributed by atoms with Gasteiger partial charge in [0.25, 0.3) is 0 Å². The van der Waals surface area contributed by atoms with E-state index in [1.54, 1.807) is 12.2 Å². The van der Waals surface area contributed by atoms with Crippen molar-refractivity contribution in [3.05, 3.63) is 118 Å².